The molecule has 8 unspecified atom stereocenters. The lowest BCUT2D eigenvalue weighted by Crippen LogP contribution is -2.63. The van der Waals surface area contributed by atoms with Crippen LogP contribution in [0.2, 0.25) is 0 Å². The molecule has 0 aromatic heterocycles. The number of hydrogen-bond acceptors (Lipinski definition) is 4. The van der Waals surface area contributed by atoms with Gasteiger partial charge in [-0.1, -0.05) is 26.7 Å². The van der Waals surface area contributed by atoms with Gasteiger partial charge in [0.2, 0.25) is 0 Å². The van der Waals surface area contributed by atoms with Crippen LogP contribution in [0.5, 0.6) is 0 Å². The van der Waals surface area contributed by atoms with E-state index in [9.17, 15) is 15.0 Å². The van der Waals surface area contributed by atoms with Gasteiger partial charge in [0.15, 0.2) is 5.78 Å². The van der Waals surface area contributed by atoms with E-state index in [2.05, 4.69) is 13.8 Å². The second-order valence-electron chi connectivity index (χ2n) is 10.3. The fourth-order valence-electron chi connectivity index (χ4n) is 8.65. The van der Waals surface area contributed by atoms with Crippen molar-refractivity contribution in [2.45, 2.75) is 89.8 Å². The average molecular weight is 379 g/mol. The van der Waals surface area contributed by atoms with Crippen molar-refractivity contribution in [1.29, 1.82) is 0 Å². The molecule has 0 radical (unpaired) electrons. The van der Waals surface area contributed by atoms with Gasteiger partial charge in [0.25, 0.3) is 0 Å². The SMILES string of the molecule is CCC12CCCCC1CCC1C2C(OC)CC2(C)C1CCC2(O)C(=O)CO. The average Bonchev–Trinajstić information content (AvgIpc) is 2.97. The van der Waals surface area contributed by atoms with Gasteiger partial charge in [0.1, 0.15) is 12.2 Å². The third-order valence-electron chi connectivity index (χ3n) is 9.92. The lowest BCUT2D eigenvalue weighted by Gasteiger charge is -2.64. The maximum absolute atomic E-state index is 12.6. The zero-order valence-corrected chi connectivity index (χ0v) is 17.4. The minimum Gasteiger partial charge on any atom is -0.388 e. The fourth-order valence-corrected chi connectivity index (χ4v) is 8.65. The number of ether oxygens (including phenoxy) is 1. The molecule has 4 aliphatic rings. The van der Waals surface area contributed by atoms with Crippen LogP contribution >= 0.6 is 0 Å². The van der Waals surface area contributed by atoms with E-state index in [0.717, 1.165) is 18.8 Å². The monoisotopic (exact) mass is 378 g/mol. The maximum Gasteiger partial charge on any atom is 0.190 e. The Kier molecular flexibility index (Phi) is 5.01. The Bertz CT molecular complexity index is 591. The van der Waals surface area contributed by atoms with Crippen LogP contribution in [0.25, 0.3) is 0 Å². The van der Waals surface area contributed by atoms with E-state index in [0.29, 0.717) is 29.6 Å². The Labute approximate surface area is 164 Å². The Hall–Kier alpha value is -0.450. The van der Waals surface area contributed by atoms with E-state index in [1.54, 1.807) is 0 Å². The zero-order chi connectivity index (χ0) is 19.4. The second-order valence-corrected chi connectivity index (χ2v) is 10.3. The van der Waals surface area contributed by atoms with Crippen molar-refractivity contribution in [1.82, 2.24) is 0 Å². The highest BCUT2D eigenvalue weighted by Gasteiger charge is 2.69. The summed E-state index contributed by atoms with van der Waals surface area (Å²) in [5.74, 6) is 1.87. The number of rotatable bonds is 4. The van der Waals surface area contributed by atoms with Crippen LogP contribution in [-0.4, -0.2) is 41.4 Å². The van der Waals surface area contributed by atoms with Crippen molar-refractivity contribution >= 4 is 5.78 Å². The quantitative estimate of drug-likeness (QED) is 0.782. The van der Waals surface area contributed by atoms with Crippen LogP contribution in [0.15, 0.2) is 0 Å². The molecule has 0 heterocycles. The van der Waals surface area contributed by atoms with E-state index in [1.165, 1.54) is 44.9 Å². The molecule has 4 fully saturated rings. The first kappa shape index (κ1) is 19.8. The third-order valence-corrected chi connectivity index (χ3v) is 9.92. The molecule has 4 saturated carbocycles. The third kappa shape index (κ3) is 2.48. The Morgan fingerprint density at radius 2 is 1.93 bits per heavy atom. The summed E-state index contributed by atoms with van der Waals surface area (Å²) < 4.78 is 6.13. The Balaban J connectivity index is 1.75. The minimum absolute atomic E-state index is 0.105. The maximum atomic E-state index is 12.6. The number of carbonyl (C=O) groups is 1. The van der Waals surface area contributed by atoms with Gasteiger partial charge in [0, 0.05) is 12.5 Å². The molecule has 0 aliphatic heterocycles. The first-order valence-corrected chi connectivity index (χ1v) is 11.3. The van der Waals surface area contributed by atoms with Crippen molar-refractivity contribution in [3.05, 3.63) is 0 Å². The van der Waals surface area contributed by atoms with Crippen LogP contribution in [0.1, 0.15) is 78.1 Å². The molecule has 0 aromatic rings. The summed E-state index contributed by atoms with van der Waals surface area (Å²) >= 11 is 0. The molecule has 0 aromatic carbocycles. The van der Waals surface area contributed by atoms with Gasteiger partial charge in [-0.25, -0.2) is 0 Å². The van der Waals surface area contributed by atoms with Gasteiger partial charge in [0.05, 0.1) is 6.10 Å². The van der Waals surface area contributed by atoms with Gasteiger partial charge >= 0.3 is 0 Å². The Morgan fingerprint density at radius 3 is 2.59 bits per heavy atom. The highest BCUT2D eigenvalue weighted by molar-refractivity contribution is 5.89. The lowest BCUT2D eigenvalue weighted by molar-refractivity contribution is -0.208. The van der Waals surface area contributed by atoms with E-state index in [1.807, 2.05) is 7.11 Å². The number of fused-ring (bicyclic) bond motifs is 5. The summed E-state index contributed by atoms with van der Waals surface area (Å²) in [7, 11) is 1.82. The molecule has 4 aliphatic carbocycles. The number of ketones is 1. The number of Topliss-reactive ketones (excluding diaryl/α,β-unsaturated/α-hetero) is 1. The topological polar surface area (TPSA) is 66.8 Å². The molecule has 0 amide bonds. The summed E-state index contributed by atoms with van der Waals surface area (Å²) in [6.45, 7) is 3.92. The van der Waals surface area contributed by atoms with Crippen LogP contribution in [0, 0.1) is 34.5 Å². The van der Waals surface area contributed by atoms with Crippen LogP contribution < -0.4 is 0 Å². The molecule has 8 atom stereocenters. The van der Waals surface area contributed by atoms with E-state index in [4.69, 9.17) is 4.74 Å². The molecule has 4 nitrogen and oxygen atoms in total. The van der Waals surface area contributed by atoms with Crippen molar-refractivity contribution in [3.63, 3.8) is 0 Å². The molecule has 27 heavy (non-hydrogen) atoms. The van der Waals surface area contributed by atoms with Gasteiger partial charge < -0.3 is 14.9 Å². The molecule has 0 saturated heterocycles. The number of aliphatic hydroxyl groups excluding tert-OH is 1. The number of aliphatic hydroxyl groups is 2. The molecule has 4 rings (SSSR count). The predicted molar refractivity (Wildman–Crippen MR) is 104 cm³/mol. The zero-order valence-electron chi connectivity index (χ0n) is 17.4. The second kappa shape index (κ2) is 6.81. The van der Waals surface area contributed by atoms with Crippen LogP contribution in [0.3, 0.4) is 0 Å². The van der Waals surface area contributed by atoms with E-state index >= 15 is 0 Å². The molecule has 2 N–H and O–H groups in total. The lowest BCUT2D eigenvalue weighted by atomic mass is 9.42. The first-order valence-electron chi connectivity index (χ1n) is 11.3. The van der Waals surface area contributed by atoms with Crippen LogP contribution in [0.4, 0.5) is 0 Å². The minimum atomic E-state index is -1.39. The summed E-state index contributed by atoms with van der Waals surface area (Å²) in [6.07, 6.45) is 11.4. The van der Waals surface area contributed by atoms with Crippen molar-refractivity contribution in [2.75, 3.05) is 13.7 Å². The summed E-state index contributed by atoms with van der Waals surface area (Å²) in [5, 5.41) is 20.9. The number of methoxy groups -OCH3 is 1. The van der Waals surface area contributed by atoms with Crippen molar-refractivity contribution in [3.8, 4) is 0 Å². The first-order chi connectivity index (χ1) is 12.9. The highest BCUT2D eigenvalue weighted by Crippen LogP contribution is 2.69. The fraction of sp³-hybridized carbons (Fsp3) is 0.957. The van der Waals surface area contributed by atoms with Crippen molar-refractivity contribution < 1.29 is 19.7 Å². The Morgan fingerprint density at radius 1 is 1.15 bits per heavy atom. The van der Waals surface area contributed by atoms with Crippen LogP contribution in [-0.2, 0) is 9.53 Å². The molecule has 0 bridgehead atoms. The predicted octanol–water partition coefficient (Wildman–Crippen LogP) is 3.73. The van der Waals surface area contributed by atoms with Crippen molar-refractivity contribution in [2.24, 2.45) is 34.5 Å². The number of carbonyl (C=O) groups excluding carboxylic acids is 1. The molecular weight excluding hydrogens is 340 g/mol. The van der Waals surface area contributed by atoms with E-state index < -0.39 is 23.4 Å². The molecule has 0 spiro atoms. The molecular formula is C23H38O4. The molecule has 4 heteroatoms. The summed E-state index contributed by atoms with van der Waals surface area (Å²) in [5.41, 5.74) is -1.49. The van der Waals surface area contributed by atoms with Gasteiger partial charge in [-0.3, -0.25) is 4.79 Å². The summed E-state index contributed by atoms with van der Waals surface area (Å²) in [6, 6.07) is 0. The smallest absolute Gasteiger partial charge is 0.190 e. The normalized spacial score (nSPS) is 52.0. The van der Waals surface area contributed by atoms with E-state index in [-0.39, 0.29) is 6.10 Å². The summed E-state index contributed by atoms with van der Waals surface area (Å²) in [4.78, 5) is 12.6. The van der Waals surface area contributed by atoms with Gasteiger partial charge in [-0.15, -0.1) is 0 Å². The largest absolute Gasteiger partial charge is 0.388 e. The molecule has 154 valence electrons. The standard InChI is InChI=1S/C23H38O4/c1-4-22-11-6-5-7-15(22)8-9-16-17-10-12-23(26,19(25)14-24)21(17,2)13-18(27-3)20(16)22/h15-18,20,24,26H,4-14H2,1-3H3. The van der Waals surface area contributed by atoms with Gasteiger partial charge in [-0.2, -0.15) is 0 Å². The highest BCUT2D eigenvalue weighted by atomic mass is 16.5. The van der Waals surface area contributed by atoms with Gasteiger partial charge in [-0.05, 0) is 80.5 Å². The number of hydrogen-bond donors (Lipinski definition) is 2.